The van der Waals surface area contributed by atoms with E-state index in [0.717, 1.165) is 6.07 Å². The fourth-order valence-corrected chi connectivity index (χ4v) is 1.58. The van der Waals surface area contributed by atoms with E-state index in [9.17, 15) is 13.2 Å². The van der Waals surface area contributed by atoms with Gasteiger partial charge in [0.2, 0.25) is 0 Å². The highest BCUT2D eigenvalue weighted by molar-refractivity contribution is 9.11. The molecule has 0 saturated carbocycles. The van der Waals surface area contributed by atoms with Gasteiger partial charge in [0.25, 0.3) is 6.43 Å². The molecule has 0 saturated heterocycles. The Morgan fingerprint density at radius 3 is 2.25 bits per heavy atom. The zero-order valence-corrected chi connectivity index (χ0v) is 8.79. The number of hydrogen-bond donors (Lipinski definition) is 0. The van der Waals surface area contributed by atoms with Crippen molar-refractivity contribution in [3.8, 4) is 0 Å². The van der Waals surface area contributed by atoms with E-state index in [1.54, 1.807) is 0 Å². The Bertz CT molecular complexity index is 299. The molecule has 0 heterocycles. The average Bonchev–Trinajstić information content (AvgIpc) is 1.96. The van der Waals surface area contributed by atoms with E-state index >= 15 is 0 Å². The topological polar surface area (TPSA) is 0 Å². The van der Waals surface area contributed by atoms with Crippen LogP contribution in [-0.2, 0) is 0 Å². The molecule has 0 amide bonds. The van der Waals surface area contributed by atoms with Crippen molar-refractivity contribution in [2.45, 2.75) is 6.43 Å². The zero-order chi connectivity index (χ0) is 9.30. The van der Waals surface area contributed by atoms with Crippen molar-refractivity contribution in [1.29, 1.82) is 0 Å². The third kappa shape index (κ3) is 2.01. The van der Waals surface area contributed by atoms with Crippen LogP contribution in [-0.4, -0.2) is 0 Å². The first-order valence-corrected chi connectivity index (χ1v) is 4.53. The summed E-state index contributed by atoms with van der Waals surface area (Å²) in [5.41, 5.74) is -0.345. The Kier molecular flexibility index (Phi) is 3.17. The summed E-state index contributed by atoms with van der Waals surface area (Å²) < 4.78 is 37.3. The summed E-state index contributed by atoms with van der Waals surface area (Å²) in [4.78, 5) is 0. The van der Waals surface area contributed by atoms with Crippen LogP contribution in [0, 0.1) is 5.82 Å². The zero-order valence-electron chi connectivity index (χ0n) is 5.62. The average molecular weight is 304 g/mol. The summed E-state index contributed by atoms with van der Waals surface area (Å²) in [6.07, 6.45) is -2.67. The molecule has 0 fully saturated rings. The van der Waals surface area contributed by atoms with Gasteiger partial charge in [-0.25, -0.2) is 13.2 Å². The summed E-state index contributed by atoms with van der Waals surface area (Å²) >= 11 is 5.66. The van der Waals surface area contributed by atoms with Gasteiger partial charge in [0.1, 0.15) is 5.82 Å². The van der Waals surface area contributed by atoms with Crippen molar-refractivity contribution in [3.63, 3.8) is 0 Å². The molecule has 0 spiro atoms. The second-order valence-corrected chi connectivity index (χ2v) is 3.80. The van der Waals surface area contributed by atoms with Crippen molar-refractivity contribution in [3.05, 3.63) is 32.5 Å². The molecule has 0 bridgehead atoms. The lowest BCUT2D eigenvalue weighted by Gasteiger charge is -2.04. The van der Waals surface area contributed by atoms with Gasteiger partial charge in [-0.15, -0.1) is 0 Å². The third-order valence-electron chi connectivity index (χ3n) is 1.26. The fourth-order valence-electron chi connectivity index (χ4n) is 0.735. The highest BCUT2D eigenvalue weighted by atomic mass is 79.9. The molecule has 0 atom stereocenters. The van der Waals surface area contributed by atoms with Gasteiger partial charge in [-0.2, -0.15) is 0 Å². The SMILES string of the molecule is Fc1cc(Br)cc(C(F)F)c1Br. The second-order valence-electron chi connectivity index (χ2n) is 2.09. The Morgan fingerprint density at radius 1 is 1.17 bits per heavy atom. The predicted octanol–water partition coefficient (Wildman–Crippen LogP) is 4.29. The van der Waals surface area contributed by atoms with Gasteiger partial charge >= 0.3 is 0 Å². The van der Waals surface area contributed by atoms with Crippen LogP contribution in [0.15, 0.2) is 21.1 Å². The molecular formula is C7H3Br2F3. The Balaban J connectivity index is 3.28. The maximum absolute atomic E-state index is 12.8. The monoisotopic (exact) mass is 302 g/mol. The minimum absolute atomic E-state index is 0.180. The first-order valence-electron chi connectivity index (χ1n) is 2.95. The van der Waals surface area contributed by atoms with Gasteiger partial charge < -0.3 is 0 Å². The smallest absolute Gasteiger partial charge is 0.206 e. The molecule has 1 rings (SSSR count). The normalized spacial score (nSPS) is 10.8. The van der Waals surface area contributed by atoms with Gasteiger partial charge in [0.15, 0.2) is 0 Å². The van der Waals surface area contributed by atoms with Gasteiger partial charge in [-0.05, 0) is 28.1 Å². The molecule has 1 aromatic carbocycles. The van der Waals surface area contributed by atoms with Crippen LogP contribution in [0.3, 0.4) is 0 Å². The molecule has 0 aliphatic rings. The minimum atomic E-state index is -2.67. The molecule has 66 valence electrons. The van der Waals surface area contributed by atoms with E-state index in [2.05, 4.69) is 31.9 Å². The summed E-state index contributed by atoms with van der Waals surface area (Å²) in [6, 6.07) is 2.30. The first kappa shape index (κ1) is 10.1. The molecule has 12 heavy (non-hydrogen) atoms. The van der Waals surface area contributed by atoms with Crippen LogP contribution in [0.1, 0.15) is 12.0 Å². The molecule has 0 aliphatic carbocycles. The maximum Gasteiger partial charge on any atom is 0.265 e. The van der Waals surface area contributed by atoms with Crippen molar-refractivity contribution < 1.29 is 13.2 Å². The summed E-state index contributed by atoms with van der Waals surface area (Å²) in [6.45, 7) is 0. The van der Waals surface area contributed by atoms with Crippen LogP contribution in [0.5, 0.6) is 0 Å². The van der Waals surface area contributed by atoms with Crippen molar-refractivity contribution in [2.24, 2.45) is 0 Å². The largest absolute Gasteiger partial charge is 0.265 e. The van der Waals surface area contributed by atoms with Gasteiger partial charge in [0.05, 0.1) is 4.47 Å². The number of halogens is 5. The van der Waals surface area contributed by atoms with Crippen molar-refractivity contribution in [1.82, 2.24) is 0 Å². The van der Waals surface area contributed by atoms with E-state index in [0.29, 0.717) is 4.47 Å². The van der Waals surface area contributed by atoms with E-state index in [1.807, 2.05) is 0 Å². The van der Waals surface area contributed by atoms with Gasteiger partial charge in [-0.1, -0.05) is 15.9 Å². The molecule has 1 aromatic rings. The fraction of sp³-hybridized carbons (Fsp3) is 0.143. The van der Waals surface area contributed by atoms with E-state index in [-0.39, 0.29) is 10.0 Å². The van der Waals surface area contributed by atoms with Gasteiger partial charge in [0, 0.05) is 10.0 Å². The van der Waals surface area contributed by atoms with Crippen LogP contribution in [0.2, 0.25) is 0 Å². The van der Waals surface area contributed by atoms with Crippen LogP contribution in [0.25, 0.3) is 0 Å². The Hall–Kier alpha value is -0.0300. The standard InChI is InChI=1S/C7H3Br2F3/c8-3-1-4(7(11)12)6(9)5(10)2-3/h1-2,7H. The van der Waals surface area contributed by atoms with E-state index < -0.39 is 12.2 Å². The highest BCUT2D eigenvalue weighted by Crippen LogP contribution is 2.32. The number of hydrogen-bond acceptors (Lipinski definition) is 0. The molecule has 0 unspecified atom stereocenters. The van der Waals surface area contributed by atoms with E-state index in [1.165, 1.54) is 6.07 Å². The Morgan fingerprint density at radius 2 is 1.75 bits per heavy atom. The lowest BCUT2D eigenvalue weighted by molar-refractivity contribution is 0.150. The summed E-state index contributed by atoms with van der Waals surface area (Å²) in [5.74, 6) is -0.695. The second kappa shape index (κ2) is 3.79. The summed E-state index contributed by atoms with van der Waals surface area (Å²) in [5, 5.41) is 0. The quantitative estimate of drug-likeness (QED) is 0.679. The lowest BCUT2D eigenvalue weighted by Crippen LogP contribution is -1.89. The van der Waals surface area contributed by atoms with Crippen molar-refractivity contribution in [2.75, 3.05) is 0 Å². The molecule has 0 N–H and O–H groups in total. The number of benzene rings is 1. The third-order valence-corrected chi connectivity index (χ3v) is 2.55. The molecule has 0 aromatic heterocycles. The molecule has 0 aliphatic heterocycles. The molecule has 0 radical (unpaired) electrons. The first-order chi connectivity index (χ1) is 5.52. The van der Waals surface area contributed by atoms with Gasteiger partial charge in [-0.3, -0.25) is 0 Å². The molecule has 5 heteroatoms. The Labute approximate surface area is 84.0 Å². The maximum atomic E-state index is 12.8. The van der Waals surface area contributed by atoms with Crippen LogP contribution >= 0.6 is 31.9 Å². The van der Waals surface area contributed by atoms with E-state index in [4.69, 9.17) is 0 Å². The van der Waals surface area contributed by atoms with Crippen molar-refractivity contribution >= 4 is 31.9 Å². The molecule has 0 nitrogen and oxygen atoms in total. The number of alkyl halides is 2. The van der Waals surface area contributed by atoms with Crippen LogP contribution in [0.4, 0.5) is 13.2 Å². The lowest BCUT2D eigenvalue weighted by atomic mass is 10.2. The van der Waals surface area contributed by atoms with Crippen LogP contribution < -0.4 is 0 Å². The predicted molar refractivity (Wildman–Crippen MR) is 46.8 cm³/mol. The minimum Gasteiger partial charge on any atom is -0.206 e. The molecular weight excluding hydrogens is 301 g/mol. The summed E-state index contributed by atoms with van der Waals surface area (Å²) in [7, 11) is 0. The number of rotatable bonds is 1. The highest BCUT2D eigenvalue weighted by Gasteiger charge is 2.15.